The number of likely N-dealkylation sites (tertiary alicyclic amines) is 2. The van der Waals surface area contributed by atoms with Gasteiger partial charge in [-0.15, -0.1) is 0 Å². The Kier molecular flexibility index (Phi) is 12.5. The van der Waals surface area contributed by atoms with E-state index in [4.69, 9.17) is 19.5 Å². The fourth-order valence-electron chi connectivity index (χ4n) is 9.31. The molecule has 0 saturated carbocycles. The molecule has 63 heavy (non-hydrogen) atoms. The summed E-state index contributed by atoms with van der Waals surface area (Å²) < 4.78 is 9.67. The van der Waals surface area contributed by atoms with Crippen LogP contribution in [0.4, 0.5) is 9.59 Å². The largest absolute Gasteiger partial charge is 0.453 e. The SMILES string of the molecule is COC(=O)NC(C(=O)N1CCCC1C1=NC(c2ccc(-c3ccc4cc(-c5cnc(C6CCCN6C(=O)C(NC(=O)OC)C(C)C)[nH]5)ccc4c3)cc2)C(C)N1)c1ccccc1C. The number of ether oxygens (including phenoxy) is 2. The molecule has 0 radical (unpaired) electrons. The van der Waals surface area contributed by atoms with E-state index in [1.165, 1.54) is 14.2 Å². The first-order valence-corrected chi connectivity index (χ1v) is 21.8. The van der Waals surface area contributed by atoms with Gasteiger partial charge in [0.05, 0.1) is 50.3 Å². The van der Waals surface area contributed by atoms with Crippen LogP contribution in [0.1, 0.15) is 87.1 Å². The molecule has 6 unspecified atom stereocenters. The summed E-state index contributed by atoms with van der Waals surface area (Å²) >= 11 is 0. The quantitative estimate of drug-likeness (QED) is 0.104. The lowest BCUT2D eigenvalue weighted by Gasteiger charge is -2.30. The standard InChI is InChI=1S/C49H56N8O6/c1-28(2)41(54-48(60)62-5)46(58)56-23-9-13-39(56)44-50-27-38(52-44)36-22-21-34-25-33(19-20-35(34)26-36)31-15-17-32(18-16-31)42-30(4)51-45(53-42)40-14-10-24-57(40)47(59)43(55-49(61)63-6)37-12-8-7-11-29(37)3/h7-8,11-12,15-22,25-28,30,39-43H,9-10,13-14,23-24H2,1-6H3,(H,50,52)(H,51,53)(H,54,60)(H,55,61). The summed E-state index contributed by atoms with van der Waals surface area (Å²) in [4.78, 5) is 69.2. The summed E-state index contributed by atoms with van der Waals surface area (Å²) in [6, 6.07) is 26.9. The molecule has 2 fully saturated rings. The van der Waals surface area contributed by atoms with Crippen molar-refractivity contribution in [2.24, 2.45) is 10.9 Å². The second-order valence-electron chi connectivity index (χ2n) is 17.1. The predicted octanol–water partition coefficient (Wildman–Crippen LogP) is 7.77. The van der Waals surface area contributed by atoms with Crippen molar-refractivity contribution in [2.75, 3.05) is 27.3 Å². The number of fused-ring (bicyclic) bond motifs is 1. The van der Waals surface area contributed by atoms with Crippen LogP contribution in [-0.2, 0) is 19.1 Å². The Morgan fingerprint density at radius 2 is 1.38 bits per heavy atom. The van der Waals surface area contributed by atoms with Gasteiger partial charge >= 0.3 is 12.2 Å². The number of amides is 4. The van der Waals surface area contributed by atoms with Crippen LogP contribution in [0.5, 0.6) is 0 Å². The fourth-order valence-corrected chi connectivity index (χ4v) is 9.31. The number of rotatable bonds is 11. The van der Waals surface area contributed by atoms with E-state index in [1.54, 1.807) is 0 Å². The zero-order valence-electron chi connectivity index (χ0n) is 36.7. The van der Waals surface area contributed by atoms with Crippen molar-refractivity contribution < 1.29 is 28.7 Å². The van der Waals surface area contributed by atoms with Crippen molar-refractivity contribution in [3.63, 3.8) is 0 Å². The zero-order chi connectivity index (χ0) is 44.4. The van der Waals surface area contributed by atoms with Crippen LogP contribution in [0.2, 0.25) is 0 Å². The topological polar surface area (TPSA) is 170 Å². The molecule has 4 heterocycles. The Bertz CT molecular complexity index is 2530. The van der Waals surface area contributed by atoms with Crippen LogP contribution >= 0.6 is 0 Å². The number of alkyl carbamates (subject to hydrolysis) is 2. The number of H-pyrrole nitrogens is 1. The van der Waals surface area contributed by atoms with Gasteiger partial charge < -0.3 is 40.2 Å². The number of methoxy groups -OCH3 is 2. The number of hydrogen-bond acceptors (Lipinski definition) is 9. The molecule has 6 atom stereocenters. The Morgan fingerprint density at radius 3 is 2.06 bits per heavy atom. The molecule has 8 rings (SSSR count). The molecule has 3 aliphatic rings. The van der Waals surface area contributed by atoms with Crippen molar-refractivity contribution >= 4 is 40.6 Å². The first-order chi connectivity index (χ1) is 30.4. The van der Waals surface area contributed by atoms with E-state index in [0.717, 1.165) is 87.2 Å². The number of aryl methyl sites for hydroxylation is 1. The van der Waals surface area contributed by atoms with Crippen LogP contribution in [0.25, 0.3) is 33.2 Å². The van der Waals surface area contributed by atoms with E-state index >= 15 is 0 Å². The minimum absolute atomic E-state index is 0.0248. The average molecular weight is 853 g/mol. The number of benzene rings is 4. The molecule has 5 aromatic rings. The number of amidine groups is 1. The summed E-state index contributed by atoms with van der Waals surface area (Å²) in [5, 5.41) is 11.3. The second kappa shape index (κ2) is 18.3. The van der Waals surface area contributed by atoms with Gasteiger partial charge in [0.1, 0.15) is 23.7 Å². The fraction of sp³-hybridized carbons (Fsp3) is 0.388. The lowest BCUT2D eigenvalue weighted by Crippen LogP contribution is -2.51. The van der Waals surface area contributed by atoms with Crippen molar-refractivity contribution in [1.82, 2.24) is 35.7 Å². The van der Waals surface area contributed by atoms with E-state index in [-0.39, 0.29) is 41.9 Å². The summed E-state index contributed by atoms with van der Waals surface area (Å²) in [6.07, 6.45) is 3.79. The molecule has 0 spiro atoms. The lowest BCUT2D eigenvalue weighted by atomic mass is 9.96. The van der Waals surface area contributed by atoms with Crippen LogP contribution in [-0.4, -0.2) is 95.0 Å². The van der Waals surface area contributed by atoms with Crippen LogP contribution in [0.15, 0.2) is 96.1 Å². The molecule has 2 saturated heterocycles. The predicted molar refractivity (Wildman–Crippen MR) is 242 cm³/mol. The third kappa shape index (κ3) is 8.84. The van der Waals surface area contributed by atoms with E-state index in [2.05, 4.69) is 88.5 Å². The van der Waals surface area contributed by atoms with Gasteiger partial charge in [0.2, 0.25) is 5.91 Å². The normalized spacial score (nSPS) is 20.6. The highest BCUT2D eigenvalue weighted by atomic mass is 16.5. The Labute approximate surface area is 367 Å². The third-order valence-corrected chi connectivity index (χ3v) is 12.7. The smallest absolute Gasteiger partial charge is 0.407 e. The zero-order valence-corrected chi connectivity index (χ0v) is 36.7. The van der Waals surface area contributed by atoms with Crippen molar-refractivity contribution in [1.29, 1.82) is 0 Å². The van der Waals surface area contributed by atoms with E-state index < -0.39 is 24.3 Å². The molecule has 0 aliphatic carbocycles. The summed E-state index contributed by atoms with van der Waals surface area (Å²) in [5.74, 6) is 1.10. The molecular weight excluding hydrogens is 797 g/mol. The first kappa shape index (κ1) is 43.0. The van der Waals surface area contributed by atoms with Crippen molar-refractivity contribution in [2.45, 2.75) is 89.6 Å². The molecule has 4 N–H and O–H groups in total. The van der Waals surface area contributed by atoms with Gasteiger partial charge in [0, 0.05) is 18.7 Å². The number of aromatic nitrogens is 2. The van der Waals surface area contributed by atoms with Crippen molar-refractivity contribution in [3.05, 3.63) is 114 Å². The maximum Gasteiger partial charge on any atom is 0.407 e. The van der Waals surface area contributed by atoms with Gasteiger partial charge in [0.15, 0.2) is 0 Å². The number of aliphatic imine (C=N–C) groups is 1. The summed E-state index contributed by atoms with van der Waals surface area (Å²) in [7, 11) is 2.59. The van der Waals surface area contributed by atoms with Gasteiger partial charge in [-0.25, -0.2) is 14.6 Å². The maximum absolute atomic E-state index is 14.2. The van der Waals surface area contributed by atoms with Gasteiger partial charge in [-0.3, -0.25) is 14.6 Å². The molecule has 3 aliphatic heterocycles. The minimum Gasteiger partial charge on any atom is -0.453 e. The number of nitrogens with one attached hydrogen (secondary N) is 4. The van der Waals surface area contributed by atoms with Gasteiger partial charge in [-0.05, 0) is 96.2 Å². The molecule has 14 heteroatoms. The molecule has 1 aromatic heterocycles. The highest BCUT2D eigenvalue weighted by Crippen LogP contribution is 2.36. The van der Waals surface area contributed by atoms with E-state index in [0.29, 0.717) is 13.1 Å². The van der Waals surface area contributed by atoms with Gasteiger partial charge in [0.25, 0.3) is 5.91 Å². The Hall–Kier alpha value is -6.70. The average Bonchev–Trinajstić information content (AvgIpc) is 4.14. The third-order valence-electron chi connectivity index (χ3n) is 12.7. The van der Waals surface area contributed by atoms with Crippen LogP contribution in [0, 0.1) is 12.8 Å². The van der Waals surface area contributed by atoms with E-state index in [9.17, 15) is 19.2 Å². The summed E-state index contributed by atoms with van der Waals surface area (Å²) in [6.45, 7) is 9.03. The van der Waals surface area contributed by atoms with Gasteiger partial charge in [-0.2, -0.15) is 0 Å². The Morgan fingerprint density at radius 1 is 0.762 bits per heavy atom. The highest BCUT2D eigenvalue weighted by Gasteiger charge is 2.41. The minimum atomic E-state index is -0.875. The molecule has 0 bridgehead atoms. The number of imidazole rings is 1. The molecule has 14 nitrogen and oxygen atoms in total. The highest BCUT2D eigenvalue weighted by molar-refractivity contribution is 5.96. The van der Waals surface area contributed by atoms with Crippen LogP contribution < -0.4 is 16.0 Å². The molecular formula is C49H56N8O6. The van der Waals surface area contributed by atoms with Crippen molar-refractivity contribution in [3.8, 4) is 22.4 Å². The monoisotopic (exact) mass is 852 g/mol. The first-order valence-electron chi connectivity index (χ1n) is 21.8. The number of carbonyl (C=O) groups is 4. The maximum atomic E-state index is 14.2. The lowest BCUT2D eigenvalue weighted by molar-refractivity contribution is -0.135. The van der Waals surface area contributed by atoms with Gasteiger partial charge in [-0.1, -0.05) is 86.6 Å². The number of nitrogens with zero attached hydrogens (tertiary/aromatic N) is 4. The summed E-state index contributed by atoms with van der Waals surface area (Å²) in [5.41, 5.74) is 6.79. The molecule has 4 aromatic carbocycles. The second-order valence-corrected chi connectivity index (χ2v) is 17.1. The Balaban J connectivity index is 0.949. The molecule has 328 valence electrons. The number of hydrogen-bond donors (Lipinski definition) is 4. The van der Waals surface area contributed by atoms with Crippen LogP contribution in [0.3, 0.4) is 0 Å². The molecule has 4 amide bonds. The number of carbonyl (C=O) groups excluding carboxylic acids is 4. The van der Waals surface area contributed by atoms with E-state index in [1.807, 2.05) is 61.0 Å². The number of aromatic amines is 1.